The topological polar surface area (TPSA) is 76.3 Å². The minimum absolute atomic E-state index is 0.115. The van der Waals surface area contributed by atoms with Gasteiger partial charge in [-0.2, -0.15) is 0 Å². The van der Waals surface area contributed by atoms with Crippen LogP contribution in [-0.4, -0.2) is 32.4 Å². The van der Waals surface area contributed by atoms with Crippen molar-refractivity contribution in [2.24, 2.45) is 0 Å². The minimum Gasteiger partial charge on any atom is -0.347 e. The molecule has 5 aromatic rings. The van der Waals surface area contributed by atoms with Gasteiger partial charge in [-0.3, -0.25) is 18.7 Å². The van der Waals surface area contributed by atoms with E-state index in [9.17, 15) is 14.4 Å². The Kier molecular flexibility index (Phi) is 6.88. The van der Waals surface area contributed by atoms with Crippen molar-refractivity contribution in [1.29, 1.82) is 0 Å². The lowest BCUT2D eigenvalue weighted by atomic mass is 10.1. The number of carbonyl (C=O) groups excluding carboxylic acids is 2. The van der Waals surface area contributed by atoms with Gasteiger partial charge in [-0.05, 0) is 74.7 Å². The predicted molar refractivity (Wildman–Crippen MR) is 157 cm³/mol. The maximum atomic E-state index is 13.7. The summed E-state index contributed by atoms with van der Waals surface area (Å²) in [5.41, 5.74) is 2.42. The van der Waals surface area contributed by atoms with Crippen molar-refractivity contribution in [2.75, 3.05) is 6.54 Å². The Morgan fingerprint density at radius 3 is 2.62 bits per heavy atom. The lowest BCUT2D eigenvalue weighted by molar-refractivity contribution is 0.0706. The van der Waals surface area contributed by atoms with Crippen molar-refractivity contribution in [3.05, 3.63) is 121 Å². The van der Waals surface area contributed by atoms with E-state index in [1.165, 1.54) is 4.57 Å². The molecule has 196 valence electrons. The molecule has 0 saturated heterocycles. The van der Waals surface area contributed by atoms with Crippen LogP contribution in [0, 0.1) is 0 Å². The normalized spacial score (nSPS) is 12.9. The average molecular weight is 622 g/mol. The van der Waals surface area contributed by atoms with E-state index in [4.69, 9.17) is 11.6 Å². The van der Waals surface area contributed by atoms with Crippen LogP contribution in [0.3, 0.4) is 0 Å². The van der Waals surface area contributed by atoms with E-state index in [0.29, 0.717) is 39.5 Å². The molecule has 0 radical (unpaired) electrons. The van der Waals surface area contributed by atoms with Gasteiger partial charge in [0, 0.05) is 34.4 Å². The van der Waals surface area contributed by atoms with Crippen LogP contribution in [0.25, 0.3) is 15.8 Å². The maximum absolute atomic E-state index is 13.7. The van der Waals surface area contributed by atoms with E-state index in [1.807, 2.05) is 60.0 Å². The number of halogens is 2. The standard InChI is InChI=1S/C29H22BrClN4O3S/c30-22-8-6-20(15-23(22)31)28(37)33-11-12-34-24(17-33)26(27(36)32-16-18-4-2-1-3-5-18)35(29(34)38)21-7-9-25-19(14-21)10-13-39-25/h1-10,13-15H,11-12,16-17H2,(H,32,36). The van der Waals surface area contributed by atoms with Gasteiger partial charge >= 0.3 is 5.69 Å². The molecule has 0 atom stereocenters. The van der Waals surface area contributed by atoms with Gasteiger partial charge in [-0.15, -0.1) is 11.3 Å². The number of imidazole rings is 1. The number of hydrogen-bond donors (Lipinski definition) is 1. The van der Waals surface area contributed by atoms with Crippen LogP contribution in [0.4, 0.5) is 0 Å². The first-order valence-electron chi connectivity index (χ1n) is 12.3. The van der Waals surface area contributed by atoms with Crippen molar-refractivity contribution in [3.63, 3.8) is 0 Å². The molecule has 1 aliphatic heterocycles. The summed E-state index contributed by atoms with van der Waals surface area (Å²) in [4.78, 5) is 42.5. The van der Waals surface area contributed by atoms with Gasteiger partial charge in [-0.25, -0.2) is 4.79 Å². The van der Waals surface area contributed by atoms with E-state index in [0.717, 1.165) is 15.6 Å². The van der Waals surface area contributed by atoms with Crippen LogP contribution in [0.5, 0.6) is 0 Å². The van der Waals surface area contributed by atoms with Crippen LogP contribution >= 0.6 is 38.9 Å². The van der Waals surface area contributed by atoms with Crippen molar-refractivity contribution in [3.8, 4) is 5.69 Å². The largest absolute Gasteiger partial charge is 0.347 e. The lowest BCUT2D eigenvalue weighted by Gasteiger charge is -2.28. The Labute approximate surface area is 241 Å². The number of aromatic nitrogens is 2. The summed E-state index contributed by atoms with van der Waals surface area (Å²) in [7, 11) is 0. The van der Waals surface area contributed by atoms with Crippen LogP contribution in [-0.2, 0) is 19.6 Å². The third-order valence-electron chi connectivity index (χ3n) is 6.84. The van der Waals surface area contributed by atoms with Gasteiger partial charge in [0.2, 0.25) is 0 Å². The molecule has 0 fully saturated rings. The molecule has 0 bridgehead atoms. The molecular weight excluding hydrogens is 600 g/mol. The predicted octanol–water partition coefficient (Wildman–Crippen LogP) is 5.86. The van der Waals surface area contributed by atoms with Gasteiger partial charge < -0.3 is 10.2 Å². The highest BCUT2D eigenvalue weighted by molar-refractivity contribution is 9.10. The number of carbonyl (C=O) groups is 2. The number of benzene rings is 3. The second-order valence-corrected chi connectivity index (χ2v) is 11.4. The number of nitrogens with zero attached hydrogens (tertiary/aromatic N) is 3. The minimum atomic E-state index is -0.379. The van der Waals surface area contributed by atoms with Crippen LogP contribution in [0.1, 0.15) is 32.1 Å². The van der Waals surface area contributed by atoms with E-state index in [2.05, 4.69) is 21.2 Å². The van der Waals surface area contributed by atoms with Gasteiger partial charge in [0.15, 0.2) is 0 Å². The fourth-order valence-electron chi connectivity index (χ4n) is 4.87. The summed E-state index contributed by atoms with van der Waals surface area (Å²) in [6.45, 7) is 1.03. The van der Waals surface area contributed by atoms with Crippen LogP contribution in [0.2, 0.25) is 5.02 Å². The molecule has 0 aliphatic carbocycles. The molecule has 7 nitrogen and oxygen atoms in total. The maximum Gasteiger partial charge on any atom is 0.333 e. The Bertz CT molecular complexity index is 1790. The molecule has 0 spiro atoms. The van der Waals surface area contributed by atoms with Crippen LogP contribution in [0.15, 0.2) is 87.4 Å². The SMILES string of the molecule is O=C(NCc1ccccc1)c1c2n(c(=O)n1-c1ccc3sccc3c1)CCN(C(=O)c1ccc(Br)c(Cl)c1)C2. The molecule has 3 heterocycles. The quantitative estimate of drug-likeness (QED) is 0.267. The van der Waals surface area contributed by atoms with E-state index < -0.39 is 0 Å². The number of thiophene rings is 1. The van der Waals surface area contributed by atoms with E-state index in [-0.39, 0.29) is 36.3 Å². The first-order chi connectivity index (χ1) is 18.9. The van der Waals surface area contributed by atoms with Gasteiger partial charge in [0.25, 0.3) is 11.8 Å². The highest BCUT2D eigenvalue weighted by Crippen LogP contribution is 2.27. The molecule has 6 rings (SSSR count). The molecule has 10 heteroatoms. The van der Waals surface area contributed by atoms with E-state index in [1.54, 1.807) is 39.0 Å². The summed E-state index contributed by atoms with van der Waals surface area (Å²) >= 11 is 11.2. The Morgan fingerprint density at radius 2 is 1.82 bits per heavy atom. The fourth-order valence-corrected chi connectivity index (χ4v) is 6.07. The number of fused-ring (bicyclic) bond motifs is 2. The molecular formula is C29H22BrClN4O3S. The number of nitrogens with one attached hydrogen (secondary N) is 1. The highest BCUT2D eigenvalue weighted by atomic mass is 79.9. The van der Waals surface area contributed by atoms with Crippen molar-refractivity contribution < 1.29 is 9.59 Å². The zero-order valence-corrected chi connectivity index (χ0v) is 23.7. The molecule has 3 aromatic carbocycles. The van der Waals surface area contributed by atoms with Crippen molar-refractivity contribution >= 4 is 60.8 Å². The third-order valence-corrected chi connectivity index (χ3v) is 8.97. The Balaban J connectivity index is 1.41. The third kappa shape index (κ3) is 4.82. The zero-order chi connectivity index (χ0) is 27.1. The second-order valence-electron chi connectivity index (χ2n) is 9.23. The molecule has 39 heavy (non-hydrogen) atoms. The number of amides is 2. The molecule has 2 aromatic heterocycles. The fraction of sp³-hybridized carbons (Fsp3) is 0.138. The lowest BCUT2D eigenvalue weighted by Crippen LogP contribution is -2.41. The highest BCUT2D eigenvalue weighted by Gasteiger charge is 2.32. The smallest absolute Gasteiger partial charge is 0.333 e. The number of rotatable bonds is 5. The van der Waals surface area contributed by atoms with Gasteiger partial charge in [-0.1, -0.05) is 41.9 Å². The second kappa shape index (κ2) is 10.5. The van der Waals surface area contributed by atoms with E-state index >= 15 is 0 Å². The van der Waals surface area contributed by atoms with Gasteiger partial charge in [0.05, 0.1) is 22.9 Å². The molecule has 1 N–H and O–H groups in total. The molecule has 0 saturated carbocycles. The summed E-state index contributed by atoms with van der Waals surface area (Å²) in [6, 6.07) is 22.4. The Hall–Kier alpha value is -3.66. The zero-order valence-electron chi connectivity index (χ0n) is 20.6. The molecule has 0 unspecified atom stereocenters. The first kappa shape index (κ1) is 25.6. The summed E-state index contributed by atoms with van der Waals surface area (Å²) in [5, 5.41) is 6.40. The summed E-state index contributed by atoms with van der Waals surface area (Å²) in [6.07, 6.45) is 0. The number of hydrogen-bond acceptors (Lipinski definition) is 4. The monoisotopic (exact) mass is 620 g/mol. The summed E-state index contributed by atoms with van der Waals surface area (Å²) < 4.78 is 4.87. The first-order valence-corrected chi connectivity index (χ1v) is 14.3. The van der Waals surface area contributed by atoms with Crippen molar-refractivity contribution in [1.82, 2.24) is 19.4 Å². The summed E-state index contributed by atoms with van der Waals surface area (Å²) in [5.74, 6) is -0.595. The average Bonchev–Trinajstić information content (AvgIpc) is 3.54. The van der Waals surface area contributed by atoms with Crippen molar-refractivity contribution in [2.45, 2.75) is 19.6 Å². The Morgan fingerprint density at radius 1 is 1.00 bits per heavy atom. The van der Waals surface area contributed by atoms with Crippen LogP contribution < -0.4 is 11.0 Å². The molecule has 1 aliphatic rings. The van der Waals surface area contributed by atoms with Gasteiger partial charge in [0.1, 0.15) is 5.69 Å². The molecule has 2 amide bonds.